The maximum atomic E-state index is 11.6. The Bertz CT molecular complexity index is 1850. The molecule has 81 heavy (non-hydrogen) atoms. The van der Waals surface area contributed by atoms with Crippen molar-refractivity contribution >= 4 is 17.2 Å². The Morgan fingerprint density at radius 3 is 0.864 bits per heavy atom. The second-order valence-corrected chi connectivity index (χ2v) is 31.7. The molecule has 11 nitrogen and oxygen atoms in total. The fraction of sp³-hybridized carbons (Fsp3) is 0.957. The minimum Gasteiger partial charge on any atom is -0.394 e. The van der Waals surface area contributed by atoms with Crippen molar-refractivity contribution in [3.63, 3.8) is 0 Å². The number of nitrogens with two attached hydrogens (primary N) is 2. The van der Waals surface area contributed by atoms with Gasteiger partial charge in [-0.2, -0.15) is 0 Å². The van der Waals surface area contributed by atoms with Gasteiger partial charge in [-0.05, 0) is 213 Å². The Morgan fingerprint density at radius 1 is 0.444 bits per heavy atom. The summed E-state index contributed by atoms with van der Waals surface area (Å²) in [4.78, 5) is 21.7. The summed E-state index contributed by atoms with van der Waals surface area (Å²) in [7, 11) is 0. The summed E-state index contributed by atoms with van der Waals surface area (Å²) in [5.41, 5.74) is 16.8. The largest absolute Gasteiger partial charge is 0.394 e. The summed E-state index contributed by atoms with van der Waals surface area (Å²) in [6, 6.07) is 1.47. The maximum Gasteiger partial charge on any atom is 0.139 e. The van der Waals surface area contributed by atoms with Crippen LogP contribution in [0.4, 0.5) is 0 Å². The summed E-state index contributed by atoms with van der Waals surface area (Å²) in [5, 5.41) is 40.1. The number of hydrogen-bond donors (Lipinski definition) is 8. The van der Waals surface area contributed by atoms with E-state index in [0.717, 1.165) is 74.8 Å². The van der Waals surface area contributed by atoms with Crippen molar-refractivity contribution in [1.29, 1.82) is 0 Å². The van der Waals surface area contributed by atoms with Gasteiger partial charge < -0.3 is 42.5 Å². The van der Waals surface area contributed by atoms with Gasteiger partial charge in [0.1, 0.15) is 5.78 Å². The number of aliphatic hydroxyl groups excluding tert-OH is 4. The van der Waals surface area contributed by atoms with Gasteiger partial charge in [-0.3, -0.25) is 14.8 Å². The molecule has 0 radical (unpaired) electrons. The fourth-order valence-electron chi connectivity index (χ4n) is 17.1. The molecule has 10 aliphatic rings. The quantitative estimate of drug-likeness (QED) is 0.0818. The topological polar surface area (TPSA) is 199 Å². The van der Waals surface area contributed by atoms with Crippen LogP contribution in [0.2, 0.25) is 0 Å². The van der Waals surface area contributed by atoms with Crippen LogP contribution >= 0.6 is 0 Å². The van der Waals surface area contributed by atoms with E-state index in [9.17, 15) is 4.79 Å². The summed E-state index contributed by atoms with van der Waals surface area (Å²) in [6.45, 7) is 55.7. The van der Waals surface area contributed by atoms with Gasteiger partial charge in [0.25, 0.3) is 0 Å². The van der Waals surface area contributed by atoms with Crippen LogP contribution in [0.5, 0.6) is 0 Å². The predicted octanol–water partition coefficient (Wildman–Crippen LogP) is 13.6. The average Bonchev–Trinajstić information content (AvgIpc) is 4.13. The minimum absolute atomic E-state index is 0. The number of nitrogens with one attached hydrogen (secondary N) is 2. The van der Waals surface area contributed by atoms with E-state index in [4.69, 9.17) is 41.9 Å². The van der Waals surface area contributed by atoms with Crippen LogP contribution in [0.25, 0.3) is 0 Å². The predicted molar refractivity (Wildman–Crippen MR) is 344 cm³/mol. The van der Waals surface area contributed by atoms with E-state index in [1.807, 2.05) is 0 Å². The van der Waals surface area contributed by atoms with Gasteiger partial charge in [-0.15, -0.1) is 0 Å². The van der Waals surface area contributed by atoms with Gasteiger partial charge in [-0.1, -0.05) is 111 Å². The number of rotatable bonds is 9. The Hall–Kier alpha value is -0.596. The van der Waals surface area contributed by atoms with Gasteiger partial charge in [0.2, 0.25) is 0 Å². The van der Waals surface area contributed by atoms with E-state index >= 15 is 0 Å². The van der Waals surface area contributed by atoms with Crippen molar-refractivity contribution in [2.45, 2.75) is 299 Å². The molecule has 10 aliphatic carbocycles. The van der Waals surface area contributed by atoms with Crippen LogP contribution in [0.1, 0.15) is 263 Å². The average molecular weight is 1180 g/mol. The Labute approximate surface area is 515 Å². The van der Waals surface area contributed by atoms with Crippen molar-refractivity contribution in [3.05, 3.63) is 0 Å². The maximum absolute atomic E-state index is 11.6. The van der Waals surface area contributed by atoms with Crippen molar-refractivity contribution < 1.29 is 46.9 Å². The second kappa shape index (κ2) is 30.5. The monoisotopic (exact) mass is 1180 g/mol. The smallest absolute Gasteiger partial charge is 0.139 e. The Balaban J connectivity index is 0.000000532. The number of carbonyl (C=O) groups excluding carboxylic acids is 1. The molecular weight excluding hydrogens is 1040 g/mol. The molecule has 0 saturated heterocycles. The zero-order valence-corrected chi connectivity index (χ0v) is 58.0. The molecule has 12 atom stereocenters. The third-order valence-corrected chi connectivity index (χ3v) is 24.9. The number of fused-ring (bicyclic) bond motifs is 10. The van der Waals surface area contributed by atoms with Crippen molar-refractivity contribution in [2.75, 3.05) is 39.3 Å². The molecule has 476 valence electrons. The first-order valence-corrected chi connectivity index (χ1v) is 32.3. The molecule has 0 aromatic heterocycles. The van der Waals surface area contributed by atoms with Crippen molar-refractivity contribution in [1.82, 2.24) is 10.6 Å². The fourth-order valence-corrected chi connectivity index (χ4v) is 17.1. The molecule has 0 heterocycles. The summed E-state index contributed by atoms with van der Waals surface area (Å²) >= 11 is 0. The molecule has 10 bridgehead atoms. The molecule has 10 saturated carbocycles. The zero-order valence-electron chi connectivity index (χ0n) is 56.4. The third-order valence-electron chi connectivity index (χ3n) is 24.9. The third kappa shape index (κ3) is 16.6. The number of carbonyl (C=O) groups is 1. The normalized spacial score (nSPS) is 37.8. The minimum atomic E-state index is -0.167. The van der Waals surface area contributed by atoms with E-state index in [-0.39, 0.29) is 64.4 Å². The van der Waals surface area contributed by atoms with E-state index < -0.39 is 0 Å². The van der Waals surface area contributed by atoms with E-state index in [2.05, 4.69) is 114 Å². The molecule has 10 fully saturated rings. The van der Waals surface area contributed by atoms with Crippen LogP contribution in [0.15, 0.2) is 9.98 Å². The molecule has 0 amide bonds. The van der Waals surface area contributed by atoms with Crippen LogP contribution in [0.3, 0.4) is 0 Å². The van der Waals surface area contributed by atoms with Crippen LogP contribution in [0, 0.1) is 83.7 Å². The molecule has 0 aromatic carbocycles. The van der Waals surface area contributed by atoms with Crippen LogP contribution in [-0.2, 0) is 26.5 Å². The van der Waals surface area contributed by atoms with Gasteiger partial charge >= 0.3 is 0 Å². The first-order chi connectivity index (χ1) is 36.1. The molecule has 0 aromatic rings. The molecule has 10 N–H and O–H groups in total. The van der Waals surface area contributed by atoms with Gasteiger partial charge in [0, 0.05) is 118 Å². The second-order valence-electron chi connectivity index (χ2n) is 31.7. The van der Waals surface area contributed by atoms with Crippen molar-refractivity contribution in [2.24, 2.45) is 105 Å². The summed E-state index contributed by atoms with van der Waals surface area (Å²) in [5.74, 6) is 4.80. The number of nitrogens with zero attached hydrogens (tertiary/aromatic N) is 2. The number of Topliss-reactive ketones (excluding diaryl/α,β-unsaturated/α-hetero) is 1. The number of hydrogen-bond acceptors (Lipinski definition) is 11. The van der Waals surface area contributed by atoms with Crippen LogP contribution < -0.4 is 22.1 Å². The summed E-state index contributed by atoms with van der Waals surface area (Å²) in [6.07, 6.45) is 19.1. The van der Waals surface area contributed by atoms with Gasteiger partial charge in [0.05, 0.1) is 13.1 Å². The SMILES string of the molecule is C.CC(C)O.CC(C)O.CC(C)O.CC(C)O.CC1(C)C2CCC1(C)C(NCCNC1CC3CCC1(C)C3(C)C)C2.CC12CCC(CC1=NCCN=C1CC3CCC1(C)C3(C)C)C2(C)C.CC12CCC(CC1=O)C2(C)C.NCCN.[Ti]. The van der Waals surface area contributed by atoms with Gasteiger partial charge in [-0.25, -0.2) is 0 Å². The molecule has 0 spiro atoms. The van der Waals surface area contributed by atoms with E-state index in [0.29, 0.717) is 68.1 Å². The first-order valence-electron chi connectivity index (χ1n) is 32.3. The number of aliphatic imine (C=N–C) groups is 2. The van der Waals surface area contributed by atoms with Crippen molar-refractivity contribution in [3.8, 4) is 0 Å². The molecule has 12 unspecified atom stereocenters. The summed E-state index contributed by atoms with van der Waals surface area (Å²) < 4.78 is 0. The Kier molecular flexibility index (Phi) is 29.6. The number of aliphatic hydroxyl groups is 4. The first kappa shape index (κ1) is 78.4. The zero-order chi connectivity index (χ0) is 60.8. The van der Waals surface area contributed by atoms with Crippen LogP contribution in [-0.4, -0.2) is 113 Å². The number of ketones is 1. The molecule has 10 rings (SSSR count). The van der Waals surface area contributed by atoms with Gasteiger partial charge in [0.15, 0.2) is 0 Å². The molecule has 0 aliphatic heterocycles. The standard InChI is InChI=1S/C22H40N2.C22H36N2.C10H16O.4C3H8O.C2H8N2.CH4.Ti/c2*1-19(2)15-7-9-21(19,5)17(13-15)23-11-12-24-18-14-16-8-10-22(18,6)20(16,3)4;1-9(2)7-4-5-10(9,3)8(11)6-7;4*1-3(2)4;3-1-2-4;;/h15-18,23-24H,7-14H2,1-6H3;15-16H,7-14H2,1-6H3;7H,4-6H2,1-3H3;4*3-4H,1-2H3;1-4H2;1H4;. The van der Waals surface area contributed by atoms with E-state index in [1.165, 1.54) is 94.9 Å². The van der Waals surface area contributed by atoms with E-state index in [1.54, 1.807) is 55.4 Å². The molecular formula is C69H136N6O5Ti. The Morgan fingerprint density at radius 2 is 0.704 bits per heavy atom. The molecule has 12 heteroatoms.